The van der Waals surface area contributed by atoms with E-state index in [0.29, 0.717) is 30.5 Å². The fourth-order valence-corrected chi connectivity index (χ4v) is 2.51. The van der Waals surface area contributed by atoms with Crippen molar-refractivity contribution in [3.8, 4) is 29.6 Å². The fourth-order valence-electron chi connectivity index (χ4n) is 2.51. The van der Waals surface area contributed by atoms with E-state index in [0.717, 1.165) is 5.56 Å². The van der Waals surface area contributed by atoms with Crippen LogP contribution in [0.15, 0.2) is 47.5 Å². The smallest absolute Gasteiger partial charge is 0.191 e. The van der Waals surface area contributed by atoms with Crippen molar-refractivity contribution < 1.29 is 18.6 Å². The van der Waals surface area contributed by atoms with Crippen molar-refractivity contribution in [1.82, 2.24) is 10.6 Å². The zero-order valence-electron chi connectivity index (χ0n) is 16.9. The molecule has 7 heteroatoms. The molecule has 0 amide bonds. The molecule has 0 radical (unpaired) electrons. The van der Waals surface area contributed by atoms with Gasteiger partial charge in [-0.05, 0) is 36.8 Å². The summed E-state index contributed by atoms with van der Waals surface area (Å²) in [6.07, 6.45) is 5.00. The lowest BCUT2D eigenvalue weighted by atomic mass is 10.2. The van der Waals surface area contributed by atoms with Crippen LogP contribution in [0.4, 0.5) is 4.39 Å². The molecule has 0 fully saturated rings. The van der Waals surface area contributed by atoms with E-state index in [4.69, 9.17) is 20.6 Å². The summed E-state index contributed by atoms with van der Waals surface area (Å²) in [5.41, 5.74) is 0.969. The van der Waals surface area contributed by atoms with Gasteiger partial charge >= 0.3 is 0 Å². The standard InChI is InChI=1S/C22H26FN3O3/c1-5-12-28-21-13-17(10-11-20(21)27-4)15-26-22(24-3)25-14-16(2)29-19-9-7-6-8-18(19)23/h1,6-11,13,16H,12,14-15H2,2-4H3,(H2,24,25,26). The maximum absolute atomic E-state index is 13.7. The van der Waals surface area contributed by atoms with E-state index in [9.17, 15) is 4.39 Å². The van der Waals surface area contributed by atoms with Gasteiger partial charge in [-0.25, -0.2) is 4.39 Å². The first-order valence-electron chi connectivity index (χ1n) is 9.16. The van der Waals surface area contributed by atoms with Gasteiger partial charge in [0, 0.05) is 13.6 Å². The minimum absolute atomic E-state index is 0.163. The predicted molar refractivity (Wildman–Crippen MR) is 112 cm³/mol. The summed E-state index contributed by atoms with van der Waals surface area (Å²) in [6, 6.07) is 11.9. The highest BCUT2D eigenvalue weighted by Crippen LogP contribution is 2.28. The third kappa shape index (κ3) is 6.92. The Balaban J connectivity index is 1.87. The minimum Gasteiger partial charge on any atom is -0.493 e. The third-order valence-electron chi connectivity index (χ3n) is 3.94. The number of para-hydroxylation sites is 1. The van der Waals surface area contributed by atoms with Gasteiger partial charge in [0.2, 0.25) is 0 Å². The predicted octanol–water partition coefficient (Wildman–Crippen LogP) is 2.98. The quantitative estimate of drug-likeness (QED) is 0.386. The average molecular weight is 399 g/mol. The summed E-state index contributed by atoms with van der Waals surface area (Å²) < 4.78 is 30.1. The Labute approximate surface area is 171 Å². The van der Waals surface area contributed by atoms with Gasteiger partial charge in [-0.15, -0.1) is 6.42 Å². The molecule has 1 atom stereocenters. The number of rotatable bonds is 9. The molecule has 0 aliphatic rings. The van der Waals surface area contributed by atoms with E-state index >= 15 is 0 Å². The van der Waals surface area contributed by atoms with Crippen LogP contribution in [-0.2, 0) is 6.54 Å². The Hall–Kier alpha value is -3.40. The summed E-state index contributed by atoms with van der Waals surface area (Å²) in [7, 11) is 3.25. The second-order valence-electron chi connectivity index (χ2n) is 6.14. The first kappa shape index (κ1) is 21.9. The van der Waals surface area contributed by atoms with E-state index in [1.54, 1.807) is 32.4 Å². The van der Waals surface area contributed by atoms with Crippen LogP contribution in [0.25, 0.3) is 0 Å². The first-order valence-corrected chi connectivity index (χ1v) is 9.16. The van der Waals surface area contributed by atoms with Crippen LogP contribution in [0, 0.1) is 18.2 Å². The lowest BCUT2D eigenvalue weighted by Crippen LogP contribution is -2.41. The minimum atomic E-state index is -0.385. The molecule has 0 aliphatic heterocycles. The molecule has 154 valence electrons. The van der Waals surface area contributed by atoms with Crippen LogP contribution >= 0.6 is 0 Å². The summed E-state index contributed by atoms with van der Waals surface area (Å²) in [6.45, 7) is 2.98. The van der Waals surface area contributed by atoms with Gasteiger partial charge in [0.05, 0.1) is 13.7 Å². The number of methoxy groups -OCH3 is 1. The Kier molecular flexibility index (Phi) is 8.64. The van der Waals surface area contributed by atoms with Crippen LogP contribution in [0.5, 0.6) is 17.2 Å². The van der Waals surface area contributed by atoms with Gasteiger partial charge in [-0.2, -0.15) is 0 Å². The summed E-state index contributed by atoms with van der Waals surface area (Å²) in [5.74, 6) is 4.07. The molecule has 2 rings (SSSR count). The summed E-state index contributed by atoms with van der Waals surface area (Å²) >= 11 is 0. The van der Waals surface area contributed by atoms with Crippen LogP contribution < -0.4 is 24.8 Å². The first-order chi connectivity index (χ1) is 14.1. The SMILES string of the molecule is C#CCOc1cc(CNC(=NC)NCC(C)Oc2ccccc2F)ccc1OC. The van der Waals surface area contributed by atoms with Crippen molar-refractivity contribution in [2.24, 2.45) is 4.99 Å². The number of nitrogens with zero attached hydrogens (tertiary/aromatic N) is 1. The molecule has 0 spiro atoms. The maximum atomic E-state index is 13.7. The van der Waals surface area contributed by atoms with E-state index < -0.39 is 0 Å². The number of benzene rings is 2. The Morgan fingerprint density at radius 2 is 1.97 bits per heavy atom. The largest absolute Gasteiger partial charge is 0.493 e. The lowest BCUT2D eigenvalue weighted by molar-refractivity contribution is 0.214. The molecule has 0 saturated carbocycles. The van der Waals surface area contributed by atoms with Crippen LogP contribution in [-0.4, -0.2) is 39.4 Å². The van der Waals surface area contributed by atoms with Gasteiger partial charge in [-0.3, -0.25) is 4.99 Å². The van der Waals surface area contributed by atoms with Crippen LogP contribution in [0.3, 0.4) is 0 Å². The maximum Gasteiger partial charge on any atom is 0.191 e. The monoisotopic (exact) mass is 399 g/mol. The van der Waals surface area contributed by atoms with Gasteiger partial charge in [0.1, 0.15) is 12.7 Å². The fraction of sp³-hybridized carbons (Fsp3) is 0.318. The number of guanidine groups is 1. The van der Waals surface area contributed by atoms with E-state index in [1.165, 1.54) is 6.07 Å². The average Bonchev–Trinajstić information content (AvgIpc) is 2.74. The topological polar surface area (TPSA) is 64.1 Å². The molecular formula is C22H26FN3O3. The number of nitrogens with one attached hydrogen (secondary N) is 2. The van der Waals surface area contributed by atoms with E-state index in [2.05, 4.69) is 21.5 Å². The normalized spacial score (nSPS) is 11.9. The molecule has 0 saturated heterocycles. The van der Waals surface area contributed by atoms with E-state index in [1.807, 2.05) is 25.1 Å². The number of hydrogen-bond acceptors (Lipinski definition) is 4. The highest BCUT2D eigenvalue weighted by molar-refractivity contribution is 5.79. The molecule has 6 nitrogen and oxygen atoms in total. The Morgan fingerprint density at radius 3 is 2.66 bits per heavy atom. The molecule has 1 unspecified atom stereocenters. The molecule has 2 aromatic carbocycles. The lowest BCUT2D eigenvalue weighted by Gasteiger charge is -2.18. The Bertz CT molecular complexity index is 865. The number of aliphatic imine (C=N–C) groups is 1. The summed E-state index contributed by atoms with van der Waals surface area (Å²) in [4.78, 5) is 4.19. The van der Waals surface area contributed by atoms with Gasteiger partial charge in [0.25, 0.3) is 0 Å². The molecule has 0 bridgehead atoms. The van der Waals surface area contributed by atoms with Crippen molar-refractivity contribution in [3.63, 3.8) is 0 Å². The number of halogens is 1. The molecule has 29 heavy (non-hydrogen) atoms. The van der Waals surface area contributed by atoms with Crippen molar-refractivity contribution in [2.45, 2.75) is 19.6 Å². The Morgan fingerprint density at radius 1 is 1.17 bits per heavy atom. The highest BCUT2D eigenvalue weighted by atomic mass is 19.1. The number of ether oxygens (including phenoxy) is 3. The highest BCUT2D eigenvalue weighted by Gasteiger charge is 2.10. The molecule has 0 heterocycles. The zero-order valence-corrected chi connectivity index (χ0v) is 16.9. The van der Waals surface area contributed by atoms with E-state index in [-0.39, 0.29) is 24.3 Å². The third-order valence-corrected chi connectivity index (χ3v) is 3.94. The second kappa shape index (κ2) is 11.4. The second-order valence-corrected chi connectivity index (χ2v) is 6.14. The number of hydrogen-bond donors (Lipinski definition) is 2. The molecule has 2 aromatic rings. The summed E-state index contributed by atoms with van der Waals surface area (Å²) in [5, 5.41) is 6.37. The zero-order chi connectivity index (χ0) is 21.1. The van der Waals surface area contributed by atoms with Gasteiger partial charge in [0.15, 0.2) is 29.0 Å². The molecule has 2 N–H and O–H groups in total. The van der Waals surface area contributed by atoms with Crippen LogP contribution in [0.1, 0.15) is 12.5 Å². The van der Waals surface area contributed by atoms with Gasteiger partial charge < -0.3 is 24.8 Å². The van der Waals surface area contributed by atoms with Crippen molar-refractivity contribution in [2.75, 3.05) is 27.3 Å². The van der Waals surface area contributed by atoms with Crippen molar-refractivity contribution in [1.29, 1.82) is 0 Å². The molecular weight excluding hydrogens is 373 g/mol. The number of terminal acetylenes is 1. The van der Waals surface area contributed by atoms with Gasteiger partial charge in [-0.1, -0.05) is 24.1 Å². The van der Waals surface area contributed by atoms with Crippen molar-refractivity contribution in [3.05, 3.63) is 53.8 Å². The molecule has 0 aliphatic carbocycles. The van der Waals surface area contributed by atoms with Crippen molar-refractivity contribution >= 4 is 5.96 Å². The van der Waals surface area contributed by atoms with Crippen LogP contribution in [0.2, 0.25) is 0 Å². The molecule has 0 aromatic heterocycles.